The van der Waals surface area contributed by atoms with Gasteiger partial charge in [0, 0.05) is 5.88 Å². The molecule has 3 heteroatoms. The van der Waals surface area contributed by atoms with Crippen molar-refractivity contribution in [1.82, 2.24) is 0 Å². The van der Waals surface area contributed by atoms with Crippen molar-refractivity contribution in [2.75, 3.05) is 5.88 Å². The molecule has 0 bridgehead atoms. The predicted octanol–water partition coefficient (Wildman–Crippen LogP) is 4.13. The fraction of sp³-hybridized carbons (Fsp3) is 0.273. The normalized spacial score (nSPS) is 27.9. The molecule has 0 N–H and O–H groups in total. The number of hydrogen-bond acceptors (Lipinski definition) is 0. The molecular weight excluding hydrogens is 222 g/mol. The maximum absolute atomic E-state index is 13.3. The summed E-state index contributed by atoms with van der Waals surface area (Å²) in [5, 5.41) is -0.312. The van der Waals surface area contributed by atoms with Gasteiger partial charge in [-0.25, -0.2) is 4.39 Å². The second-order valence-corrected chi connectivity index (χ2v) is 3.69. The molecule has 0 aliphatic heterocycles. The summed E-state index contributed by atoms with van der Waals surface area (Å²) < 4.78 is 13.3. The minimum Gasteiger partial charge on any atom is -0.207 e. The monoisotopic (exact) mass is 232 g/mol. The lowest BCUT2D eigenvalue weighted by molar-refractivity contribution is 0.627. The molecule has 0 aromatic carbocycles. The number of rotatable bonds is 3. The standard InChI is InChI=1S/C11H11Cl2F/c1-2-4-8-7-9(11(8)13)10(14)5-3-6-12/h2-5,11H,1,6-7H2/b5-3-,8-4-,10-9+. The second kappa shape index (κ2) is 5.38. The average Bonchev–Trinajstić information content (AvgIpc) is 2.19. The van der Waals surface area contributed by atoms with Gasteiger partial charge in [0.1, 0.15) is 5.83 Å². The highest BCUT2D eigenvalue weighted by Gasteiger charge is 2.30. The quantitative estimate of drug-likeness (QED) is 0.643. The van der Waals surface area contributed by atoms with E-state index in [4.69, 9.17) is 23.2 Å². The molecule has 0 radical (unpaired) electrons. The molecule has 1 unspecified atom stereocenters. The van der Waals surface area contributed by atoms with Gasteiger partial charge in [-0.1, -0.05) is 24.8 Å². The van der Waals surface area contributed by atoms with Crippen LogP contribution in [0.5, 0.6) is 0 Å². The zero-order valence-corrected chi connectivity index (χ0v) is 9.15. The predicted molar refractivity (Wildman–Crippen MR) is 60.5 cm³/mol. The molecular formula is C11H11Cl2F. The van der Waals surface area contributed by atoms with Gasteiger partial charge in [0.15, 0.2) is 0 Å². The summed E-state index contributed by atoms with van der Waals surface area (Å²) in [7, 11) is 0. The number of allylic oxidation sites excluding steroid dienone is 7. The molecule has 76 valence electrons. The number of hydrogen-bond donors (Lipinski definition) is 0. The van der Waals surface area contributed by atoms with Crippen LogP contribution in [-0.4, -0.2) is 11.3 Å². The fourth-order valence-corrected chi connectivity index (χ4v) is 1.67. The van der Waals surface area contributed by atoms with Crippen LogP contribution in [0.25, 0.3) is 0 Å². The Bertz CT molecular complexity index is 313. The summed E-state index contributed by atoms with van der Waals surface area (Å²) in [5.74, 6) is 0.0371. The Morgan fingerprint density at radius 3 is 2.86 bits per heavy atom. The summed E-state index contributed by atoms with van der Waals surface area (Å²) >= 11 is 11.3. The molecule has 0 aromatic heterocycles. The van der Waals surface area contributed by atoms with Crippen molar-refractivity contribution in [3.63, 3.8) is 0 Å². The molecule has 0 saturated heterocycles. The van der Waals surface area contributed by atoms with Gasteiger partial charge in [-0.05, 0) is 23.6 Å². The summed E-state index contributed by atoms with van der Waals surface area (Å²) in [6.45, 7) is 3.56. The largest absolute Gasteiger partial charge is 0.207 e. The molecule has 0 aromatic rings. The molecule has 1 saturated carbocycles. The third kappa shape index (κ3) is 2.49. The molecule has 0 spiro atoms. The Morgan fingerprint density at radius 2 is 2.36 bits per heavy atom. The Kier molecular flexibility index (Phi) is 4.43. The van der Waals surface area contributed by atoms with E-state index >= 15 is 0 Å². The topological polar surface area (TPSA) is 0 Å². The lowest BCUT2D eigenvalue weighted by Gasteiger charge is -2.28. The van der Waals surface area contributed by atoms with Crippen molar-refractivity contribution < 1.29 is 4.39 Å². The lowest BCUT2D eigenvalue weighted by Crippen LogP contribution is -2.20. The van der Waals surface area contributed by atoms with Crippen molar-refractivity contribution in [3.05, 3.63) is 47.9 Å². The number of alkyl halides is 2. The van der Waals surface area contributed by atoms with Gasteiger partial charge < -0.3 is 0 Å². The van der Waals surface area contributed by atoms with Gasteiger partial charge in [0.05, 0.1) is 5.38 Å². The van der Waals surface area contributed by atoms with Crippen LogP contribution in [0.2, 0.25) is 0 Å². The van der Waals surface area contributed by atoms with Crippen molar-refractivity contribution in [3.8, 4) is 0 Å². The Morgan fingerprint density at radius 1 is 1.64 bits per heavy atom. The molecule has 0 nitrogen and oxygen atoms in total. The Labute approximate surface area is 93.4 Å². The van der Waals surface area contributed by atoms with Gasteiger partial charge in [0.25, 0.3) is 0 Å². The average molecular weight is 233 g/mol. The van der Waals surface area contributed by atoms with Gasteiger partial charge >= 0.3 is 0 Å². The Hall–Kier alpha value is -0.530. The van der Waals surface area contributed by atoms with Crippen LogP contribution in [0.4, 0.5) is 4.39 Å². The van der Waals surface area contributed by atoms with E-state index in [1.165, 1.54) is 6.08 Å². The summed E-state index contributed by atoms with van der Waals surface area (Å²) in [6.07, 6.45) is 7.00. The van der Waals surface area contributed by atoms with E-state index in [1.807, 2.05) is 6.08 Å². The van der Waals surface area contributed by atoms with Crippen molar-refractivity contribution in [1.29, 1.82) is 0 Å². The van der Waals surface area contributed by atoms with E-state index in [9.17, 15) is 4.39 Å². The third-order valence-corrected chi connectivity index (χ3v) is 2.74. The fourth-order valence-electron chi connectivity index (χ4n) is 1.25. The highest BCUT2D eigenvalue weighted by atomic mass is 35.5. The lowest BCUT2D eigenvalue weighted by atomic mass is 9.84. The van der Waals surface area contributed by atoms with Crippen molar-refractivity contribution >= 4 is 23.2 Å². The molecule has 1 fully saturated rings. The highest BCUT2D eigenvalue weighted by Crippen LogP contribution is 2.40. The molecule has 14 heavy (non-hydrogen) atoms. The Balaban J connectivity index is 2.71. The van der Waals surface area contributed by atoms with E-state index < -0.39 is 0 Å². The molecule has 0 heterocycles. The van der Waals surface area contributed by atoms with Crippen LogP contribution in [0, 0.1) is 0 Å². The first-order valence-corrected chi connectivity index (χ1v) is 5.24. The maximum atomic E-state index is 13.3. The first kappa shape index (κ1) is 11.5. The minimum absolute atomic E-state index is 0.271. The van der Waals surface area contributed by atoms with Gasteiger partial charge in [-0.3, -0.25) is 0 Å². The molecule has 1 aliphatic rings. The summed E-state index contributed by atoms with van der Waals surface area (Å²) in [6, 6.07) is 0. The van der Waals surface area contributed by atoms with Crippen LogP contribution in [0.15, 0.2) is 47.9 Å². The zero-order valence-electron chi connectivity index (χ0n) is 7.64. The first-order chi connectivity index (χ1) is 6.70. The van der Waals surface area contributed by atoms with Crippen LogP contribution in [0.1, 0.15) is 6.42 Å². The van der Waals surface area contributed by atoms with Gasteiger partial charge in [-0.2, -0.15) is 0 Å². The SMILES string of the molecule is C=C/C=C1/C/C(=C(F)/C=C\CCl)C1Cl. The highest BCUT2D eigenvalue weighted by molar-refractivity contribution is 6.25. The molecule has 1 atom stereocenters. The molecule has 0 amide bonds. The summed E-state index contributed by atoms with van der Waals surface area (Å²) in [5.41, 5.74) is 1.63. The summed E-state index contributed by atoms with van der Waals surface area (Å²) in [4.78, 5) is 0. The maximum Gasteiger partial charge on any atom is 0.124 e. The van der Waals surface area contributed by atoms with E-state index in [1.54, 1.807) is 12.2 Å². The van der Waals surface area contributed by atoms with E-state index in [2.05, 4.69) is 6.58 Å². The van der Waals surface area contributed by atoms with Crippen LogP contribution in [0.3, 0.4) is 0 Å². The van der Waals surface area contributed by atoms with Crippen LogP contribution >= 0.6 is 23.2 Å². The van der Waals surface area contributed by atoms with Crippen LogP contribution < -0.4 is 0 Å². The van der Waals surface area contributed by atoms with Crippen molar-refractivity contribution in [2.24, 2.45) is 0 Å². The molecule has 1 aliphatic carbocycles. The third-order valence-electron chi connectivity index (χ3n) is 2.02. The van der Waals surface area contributed by atoms with E-state index in [0.717, 1.165) is 5.57 Å². The first-order valence-electron chi connectivity index (χ1n) is 4.27. The van der Waals surface area contributed by atoms with Crippen molar-refractivity contribution in [2.45, 2.75) is 11.8 Å². The van der Waals surface area contributed by atoms with Crippen LogP contribution in [-0.2, 0) is 0 Å². The van der Waals surface area contributed by atoms with Gasteiger partial charge in [0.2, 0.25) is 0 Å². The van der Waals surface area contributed by atoms with Gasteiger partial charge in [-0.15, -0.1) is 23.2 Å². The van der Waals surface area contributed by atoms with E-state index in [0.29, 0.717) is 17.9 Å². The van der Waals surface area contributed by atoms with E-state index in [-0.39, 0.29) is 11.2 Å². The molecule has 1 rings (SSSR count). The minimum atomic E-state index is -0.312. The zero-order chi connectivity index (χ0) is 10.6. The smallest absolute Gasteiger partial charge is 0.124 e. The second-order valence-electron chi connectivity index (χ2n) is 2.95. The number of halogens is 3.